The summed E-state index contributed by atoms with van der Waals surface area (Å²) in [5, 5.41) is 0. The molecule has 0 spiro atoms. The molecule has 2 aliphatic heterocycles. The van der Waals surface area contributed by atoms with E-state index in [0.717, 1.165) is 26.0 Å². The molecule has 0 bridgehead atoms. The van der Waals surface area contributed by atoms with Gasteiger partial charge in [0.2, 0.25) is 0 Å². The van der Waals surface area contributed by atoms with Crippen LogP contribution in [0.25, 0.3) is 0 Å². The van der Waals surface area contributed by atoms with Crippen molar-refractivity contribution in [1.82, 2.24) is 4.90 Å². The maximum Gasteiger partial charge on any atom is 0.410 e. The molecule has 0 radical (unpaired) electrons. The van der Waals surface area contributed by atoms with Crippen molar-refractivity contribution < 1.29 is 14.3 Å². The van der Waals surface area contributed by atoms with Gasteiger partial charge in [-0.25, -0.2) is 4.79 Å². The second kappa shape index (κ2) is 3.67. The van der Waals surface area contributed by atoms with Gasteiger partial charge >= 0.3 is 6.09 Å². The van der Waals surface area contributed by atoms with E-state index in [0.29, 0.717) is 0 Å². The van der Waals surface area contributed by atoms with Crippen LogP contribution in [0.5, 0.6) is 0 Å². The number of carbonyl (C=O) groups excluding carboxylic acids is 1. The van der Waals surface area contributed by atoms with Gasteiger partial charge in [-0.15, -0.1) is 0 Å². The Morgan fingerprint density at radius 2 is 2.13 bits per heavy atom. The van der Waals surface area contributed by atoms with E-state index in [4.69, 9.17) is 9.47 Å². The average Bonchev–Trinajstić information content (AvgIpc) is 2.80. The number of epoxide rings is 1. The smallest absolute Gasteiger partial charge is 0.410 e. The van der Waals surface area contributed by atoms with Crippen LogP contribution in [0.2, 0.25) is 0 Å². The van der Waals surface area contributed by atoms with E-state index in [1.807, 2.05) is 25.7 Å². The number of ether oxygens (including phenoxy) is 2. The highest BCUT2D eigenvalue weighted by atomic mass is 16.6. The van der Waals surface area contributed by atoms with Gasteiger partial charge in [-0.2, -0.15) is 0 Å². The Bertz CT molecular complexity index is 255. The van der Waals surface area contributed by atoms with Crippen molar-refractivity contribution >= 4 is 6.09 Å². The Balaban J connectivity index is 1.93. The Morgan fingerprint density at radius 1 is 1.47 bits per heavy atom. The molecule has 15 heavy (non-hydrogen) atoms. The lowest BCUT2D eigenvalue weighted by molar-refractivity contribution is 0.0204. The number of amides is 1. The van der Waals surface area contributed by atoms with Crippen LogP contribution < -0.4 is 0 Å². The molecule has 2 heterocycles. The van der Waals surface area contributed by atoms with Gasteiger partial charge in [0.25, 0.3) is 0 Å². The van der Waals surface area contributed by atoms with Gasteiger partial charge < -0.3 is 14.4 Å². The fourth-order valence-corrected chi connectivity index (χ4v) is 2.00. The monoisotopic (exact) mass is 213 g/mol. The summed E-state index contributed by atoms with van der Waals surface area (Å²) < 4.78 is 10.6. The van der Waals surface area contributed by atoms with E-state index in [1.165, 1.54) is 0 Å². The highest BCUT2D eigenvalue weighted by molar-refractivity contribution is 5.69. The standard InChI is InChI=1S/C11H19NO3/c1-11(2,3)15-10(13)12-6-4-5-8(12)9-7-14-9/h8-9H,4-7H2,1-3H3. The second-order valence-electron chi connectivity index (χ2n) is 5.26. The van der Waals surface area contributed by atoms with Crippen LogP contribution in [0.1, 0.15) is 33.6 Å². The molecule has 2 rings (SSSR count). The van der Waals surface area contributed by atoms with Crippen molar-refractivity contribution in [3.05, 3.63) is 0 Å². The van der Waals surface area contributed by atoms with Gasteiger partial charge in [-0.05, 0) is 33.6 Å². The zero-order valence-corrected chi connectivity index (χ0v) is 9.66. The van der Waals surface area contributed by atoms with Crippen LogP contribution in [-0.4, -0.2) is 41.9 Å². The van der Waals surface area contributed by atoms with Crippen LogP contribution in [0.3, 0.4) is 0 Å². The first kappa shape index (κ1) is 10.7. The Hall–Kier alpha value is -0.770. The molecule has 2 atom stereocenters. The molecule has 4 heteroatoms. The Morgan fingerprint density at radius 3 is 2.67 bits per heavy atom. The molecule has 86 valence electrons. The van der Waals surface area contributed by atoms with E-state index in [-0.39, 0.29) is 18.2 Å². The molecule has 0 aliphatic carbocycles. The molecule has 2 saturated heterocycles. The van der Waals surface area contributed by atoms with Crippen molar-refractivity contribution in [2.75, 3.05) is 13.2 Å². The SMILES string of the molecule is CC(C)(C)OC(=O)N1CCCC1C1CO1. The summed E-state index contributed by atoms with van der Waals surface area (Å²) in [7, 11) is 0. The van der Waals surface area contributed by atoms with Gasteiger partial charge in [-0.1, -0.05) is 0 Å². The van der Waals surface area contributed by atoms with Gasteiger partial charge in [0.05, 0.1) is 12.6 Å². The molecule has 2 aliphatic rings. The molecule has 4 nitrogen and oxygen atoms in total. The summed E-state index contributed by atoms with van der Waals surface area (Å²) in [6.45, 7) is 7.28. The lowest BCUT2D eigenvalue weighted by Crippen LogP contribution is -2.42. The van der Waals surface area contributed by atoms with E-state index >= 15 is 0 Å². The third-order valence-corrected chi connectivity index (χ3v) is 2.72. The first-order valence-corrected chi connectivity index (χ1v) is 5.58. The predicted molar refractivity (Wildman–Crippen MR) is 55.7 cm³/mol. The minimum atomic E-state index is -0.408. The van der Waals surface area contributed by atoms with Crippen LogP contribution in [-0.2, 0) is 9.47 Å². The molecule has 2 unspecified atom stereocenters. The number of likely N-dealkylation sites (tertiary alicyclic amines) is 1. The maximum absolute atomic E-state index is 11.9. The molecule has 0 aromatic heterocycles. The molecular weight excluding hydrogens is 194 g/mol. The Labute approximate surface area is 90.5 Å². The molecular formula is C11H19NO3. The number of rotatable bonds is 1. The minimum absolute atomic E-state index is 0.194. The summed E-state index contributed by atoms with van der Waals surface area (Å²) in [6, 6.07) is 0.250. The lowest BCUT2D eigenvalue weighted by Gasteiger charge is -2.27. The summed E-state index contributed by atoms with van der Waals surface area (Å²) >= 11 is 0. The first-order chi connectivity index (χ1) is 6.97. The van der Waals surface area contributed by atoms with Crippen molar-refractivity contribution in [1.29, 1.82) is 0 Å². The van der Waals surface area contributed by atoms with E-state index < -0.39 is 5.60 Å². The normalized spacial score (nSPS) is 30.5. The molecule has 0 N–H and O–H groups in total. The molecule has 1 amide bonds. The maximum atomic E-state index is 11.9. The zero-order chi connectivity index (χ0) is 11.1. The van der Waals surface area contributed by atoms with Crippen LogP contribution in [0, 0.1) is 0 Å². The number of hydrogen-bond acceptors (Lipinski definition) is 3. The van der Waals surface area contributed by atoms with Crippen LogP contribution in [0.4, 0.5) is 4.79 Å². The molecule has 0 aromatic carbocycles. The first-order valence-electron chi connectivity index (χ1n) is 5.58. The molecule has 2 fully saturated rings. The van der Waals surface area contributed by atoms with Crippen LogP contribution >= 0.6 is 0 Å². The van der Waals surface area contributed by atoms with Gasteiger partial charge in [0.15, 0.2) is 0 Å². The van der Waals surface area contributed by atoms with Crippen molar-refractivity contribution in [2.45, 2.75) is 51.4 Å². The quantitative estimate of drug-likeness (QED) is 0.623. The average molecular weight is 213 g/mol. The van der Waals surface area contributed by atoms with E-state index in [9.17, 15) is 4.79 Å². The molecule has 0 saturated carbocycles. The van der Waals surface area contributed by atoms with Gasteiger partial charge in [0, 0.05) is 6.54 Å². The summed E-state index contributed by atoms with van der Waals surface area (Å²) in [6.07, 6.45) is 2.17. The zero-order valence-electron chi connectivity index (χ0n) is 9.66. The lowest BCUT2D eigenvalue weighted by atomic mass is 10.1. The third kappa shape index (κ3) is 2.62. The largest absolute Gasteiger partial charge is 0.444 e. The van der Waals surface area contributed by atoms with Crippen molar-refractivity contribution in [2.24, 2.45) is 0 Å². The van der Waals surface area contributed by atoms with Crippen molar-refractivity contribution in [3.8, 4) is 0 Å². The summed E-state index contributed by atoms with van der Waals surface area (Å²) in [4.78, 5) is 13.7. The predicted octanol–water partition coefficient (Wildman–Crippen LogP) is 1.78. The number of carbonyl (C=O) groups is 1. The number of hydrogen-bond donors (Lipinski definition) is 0. The third-order valence-electron chi connectivity index (χ3n) is 2.72. The summed E-state index contributed by atoms with van der Waals surface area (Å²) in [5.41, 5.74) is -0.408. The van der Waals surface area contributed by atoms with E-state index in [1.54, 1.807) is 0 Å². The fraction of sp³-hybridized carbons (Fsp3) is 0.909. The number of nitrogens with zero attached hydrogens (tertiary/aromatic N) is 1. The van der Waals surface area contributed by atoms with Crippen molar-refractivity contribution in [3.63, 3.8) is 0 Å². The van der Waals surface area contributed by atoms with Crippen LogP contribution in [0.15, 0.2) is 0 Å². The minimum Gasteiger partial charge on any atom is -0.444 e. The van der Waals surface area contributed by atoms with Gasteiger partial charge in [-0.3, -0.25) is 0 Å². The fourth-order valence-electron chi connectivity index (χ4n) is 2.00. The van der Waals surface area contributed by atoms with E-state index in [2.05, 4.69) is 0 Å². The van der Waals surface area contributed by atoms with Gasteiger partial charge in [0.1, 0.15) is 11.7 Å². The highest BCUT2D eigenvalue weighted by Gasteiger charge is 2.42. The molecule has 0 aromatic rings. The Kier molecular flexibility index (Phi) is 2.63. The second-order valence-corrected chi connectivity index (χ2v) is 5.26. The highest BCUT2D eigenvalue weighted by Crippen LogP contribution is 2.29. The topological polar surface area (TPSA) is 42.1 Å². The summed E-state index contributed by atoms with van der Waals surface area (Å²) in [5.74, 6) is 0.